The quantitative estimate of drug-likeness (QED) is 0.821. The predicted octanol–water partition coefficient (Wildman–Crippen LogP) is 1.21. The van der Waals surface area contributed by atoms with E-state index >= 15 is 0 Å². The molecule has 0 saturated carbocycles. The molecule has 0 atom stereocenters. The SMILES string of the molecule is CNC(=O)COc1ccc(Br)cc1C(N)=S. The summed E-state index contributed by atoms with van der Waals surface area (Å²) in [6, 6.07) is 5.25. The number of ether oxygens (including phenoxy) is 1. The third-order valence-electron chi connectivity index (χ3n) is 1.84. The fraction of sp³-hybridized carbons (Fsp3) is 0.200. The van der Waals surface area contributed by atoms with Crippen LogP contribution in [-0.2, 0) is 4.79 Å². The van der Waals surface area contributed by atoms with Gasteiger partial charge in [0.2, 0.25) is 0 Å². The molecule has 1 aromatic carbocycles. The summed E-state index contributed by atoms with van der Waals surface area (Å²) in [6.45, 7) is -0.0618. The maximum Gasteiger partial charge on any atom is 0.257 e. The van der Waals surface area contributed by atoms with Crippen molar-refractivity contribution in [3.63, 3.8) is 0 Å². The van der Waals surface area contributed by atoms with Gasteiger partial charge in [-0.2, -0.15) is 0 Å². The summed E-state index contributed by atoms with van der Waals surface area (Å²) in [4.78, 5) is 11.3. The summed E-state index contributed by atoms with van der Waals surface area (Å²) in [5.41, 5.74) is 6.16. The molecule has 0 fully saturated rings. The van der Waals surface area contributed by atoms with Gasteiger partial charge < -0.3 is 15.8 Å². The Labute approximate surface area is 107 Å². The summed E-state index contributed by atoms with van der Waals surface area (Å²) in [6.07, 6.45) is 0. The summed E-state index contributed by atoms with van der Waals surface area (Å²) in [7, 11) is 1.54. The summed E-state index contributed by atoms with van der Waals surface area (Å²) < 4.78 is 6.16. The molecule has 16 heavy (non-hydrogen) atoms. The zero-order valence-corrected chi connectivity index (χ0v) is 11.0. The highest BCUT2D eigenvalue weighted by Gasteiger charge is 2.08. The molecule has 6 heteroatoms. The van der Waals surface area contributed by atoms with E-state index in [1.54, 1.807) is 25.2 Å². The van der Waals surface area contributed by atoms with E-state index < -0.39 is 0 Å². The van der Waals surface area contributed by atoms with Gasteiger partial charge in [-0.05, 0) is 18.2 Å². The molecule has 3 N–H and O–H groups in total. The fourth-order valence-electron chi connectivity index (χ4n) is 1.04. The number of halogens is 1. The number of carbonyl (C=O) groups excluding carboxylic acids is 1. The van der Waals surface area contributed by atoms with Crippen molar-refractivity contribution in [3.05, 3.63) is 28.2 Å². The second kappa shape index (κ2) is 5.81. The Morgan fingerprint density at radius 3 is 2.88 bits per heavy atom. The predicted molar refractivity (Wildman–Crippen MR) is 69.6 cm³/mol. The number of hydrogen-bond acceptors (Lipinski definition) is 3. The number of amides is 1. The molecule has 4 nitrogen and oxygen atoms in total. The molecule has 0 unspecified atom stereocenters. The number of benzene rings is 1. The smallest absolute Gasteiger partial charge is 0.257 e. The molecule has 1 aromatic rings. The Kier molecular flexibility index (Phi) is 4.70. The lowest BCUT2D eigenvalue weighted by atomic mass is 10.2. The molecule has 86 valence electrons. The highest BCUT2D eigenvalue weighted by molar-refractivity contribution is 9.10. The van der Waals surface area contributed by atoms with E-state index in [4.69, 9.17) is 22.7 Å². The van der Waals surface area contributed by atoms with Gasteiger partial charge in [-0.15, -0.1) is 0 Å². The maximum atomic E-state index is 11.0. The zero-order valence-electron chi connectivity index (χ0n) is 8.62. The lowest BCUT2D eigenvalue weighted by Gasteiger charge is -2.10. The summed E-state index contributed by atoms with van der Waals surface area (Å²) in [5.74, 6) is 0.288. The molecule has 0 aliphatic carbocycles. The van der Waals surface area contributed by atoms with Crippen molar-refractivity contribution in [2.75, 3.05) is 13.7 Å². The maximum absolute atomic E-state index is 11.0. The Morgan fingerprint density at radius 1 is 1.62 bits per heavy atom. The minimum Gasteiger partial charge on any atom is -0.483 e. The molecule has 0 heterocycles. The standard InChI is InChI=1S/C10H11BrN2O2S/c1-13-9(14)5-15-8-3-2-6(11)4-7(8)10(12)16/h2-4H,5H2,1H3,(H2,12,16)(H,13,14). The van der Waals surface area contributed by atoms with Crippen molar-refractivity contribution in [3.8, 4) is 5.75 Å². The number of thiocarbonyl (C=S) groups is 1. The van der Waals surface area contributed by atoms with E-state index in [1.807, 2.05) is 0 Å². The van der Waals surface area contributed by atoms with Crippen LogP contribution >= 0.6 is 28.1 Å². The van der Waals surface area contributed by atoms with Crippen LogP contribution in [0.1, 0.15) is 5.56 Å². The van der Waals surface area contributed by atoms with Crippen LogP contribution in [0, 0.1) is 0 Å². The van der Waals surface area contributed by atoms with Crippen molar-refractivity contribution in [1.82, 2.24) is 5.32 Å². The van der Waals surface area contributed by atoms with Gasteiger partial charge >= 0.3 is 0 Å². The van der Waals surface area contributed by atoms with E-state index in [0.29, 0.717) is 11.3 Å². The molecule has 0 aliphatic heterocycles. The number of rotatable bonds is 4. The summed E-state index contributed by atoms with van der Waals surface area (Å²) in [5, 5.41) is 2.46. The first-order valence-electron chi connectivity index (χ1n) is 4.47. The summed E-state index contributed by atoms with van der Waals surface area (Å²) >= 11 is 8.20. The van der Waals surface area contributed by atoms with E-state index in [9.17, 15) is 4.79 Å². The minimum atomic E-state index is -0.211. The van der Waals surface area contributed by atoms with Crippen LogP contribution in [0.25, 0.3) is 0 Å². The van der Waals surface area contributed by atoms with Crippen molar-refractivity contribution >= 4 is 39.0 Å². The third-order valence-corrected chi connectivity index (χ3v) is 2.56. The minimum absolute atomic E-state index is 0.0618. The van der Waals surface area contributed by atoms with Gasteiger partial charge in [-0.25, -0.2) is 0 Å². The fourth-order valence-corrected chi connectivity index (χ4v) is 1.56. The van der Waals surface area contributed by atoms with Crippen LogP contribution in [0.4, 0.5) is 0 Å². The van der Waals surface area contributed by atoms with E-state index in [1.165, 1.54) is 0 Å². The van der Waals surface area contributed by atoms with Gasteiger partial charge in [-0.1, -0.05) is 28.1 Å². The molecule has 0 spiro atoms. The lowest BCUT2D eigenvalue weighted by molar-refractivity contribution is -0.122. The molecule has 1 rings (SSSR count). The van der Waals surface area contributed by atoms with Crippen molar-refractivity contribution < 1.29 is 9.53 Å². The van der Waals surface area contributed by atoms with E-state index in [-0.39, 0.29) is 17.5 Å². The number of carbonyl (C=O) groups is 1. The van der Waals surface area contributed by atoms with Gasteiger partial charge in [-0.3, -0.25) is 4.79 Å². The third kappa shape index (κ3) is 3.46. The monoisotopic (exact) mass is 302 g/mol. The molecule has 0 aromatic heterocycles. The molecule has 0 saturated heterocycles. The van der Waals surface area contributed by atoms with Crippen LogP contribution in [0.5, 0.6) is 5.75 Å². The Balaban J connectivity index is 2.87. The zero-order chi connectivity index (χ0) is 12.1. The Morgan fingerprint density at radius 2 is 2.31 bits per heavy atom. The average Bonchev–Trinajstić information content (AvgIpc) is 2.26. The first-order valence-corrected chi connectivity index (χ1v) is 5.67. The van der Waals surface area contributed by atoms with Gasteiger partial charge in [0.25, 0.3) is 5.91 Å². The van der Waals surface area contributed by atoms with E-state index in [0.717, 1.165) is 4.47 Å². The van der Waals surface area contributed by atoms with Crippen LogP contribution in [0.15, 0.2) is 22.7 Å². The number of nitrogens with two attached hydrogens (primary N) is 1. The topological polar surface area (TPSA) is 64.3 Å². The van der Waals surface area contributed by atoms with Crippen molar-refractivity contribution in [2.45, 2.75) is 0 Å². The van der Waals surface area contributed by atoms with Gasteiger partial charge in [0.1, 0.15) is 10.7 Å². The van der Waals surface area contributed by atoms with Crippen LogP contribution in [-0.4, -0.2) is 24.6 Å². The molecule has 0 aliphatic rings. The molecule has 1 amide bonds. The number of nitrogens with one attached hydrogen (secondary N) is 1. The first-order chi connectivity index (χ1) is 7.54. The lowest BCUT2D eigenvalue weighted by Crippen LogP contribution is -2.25. The molecule has 0 bridgehead atoms. The first kappa shape index (κ1) is 12.9. The Bertz CT molecular complexity index is 423. The van der Waals surface area contributed by atoms with Gasteiger partial charge in [0, 0.05) is 11.5 Å². The van der Waals surface area contributed by atoms with Crippen molar-refractivity contribution in [2.24, 2.45) is 5.73 Å². The highest BCUT2D eigenvalue weighted by Crippen LogP contribution is 2.23. The molecular weight excluding hydrogens is 292 g/mol. The van der Waals surface area contributed by atoms with Gasteiger partial charge in [0.15, 0.2) is 6.61 Å². The number of hydrogen-bond donors (Lipinski definition) is 2. The Hall–Kier alpha value is -1.14. The van der Waals surface area contributed by atoms with Crippen molar-refractivity contribution in [1.29, 1.82) is 0 Å². The highest BCUT2D eigenvalue weighted by atomic mass is 79.9. The normalized spacial score (nSPS) is 9.62. The second-order valence-electron chi connectivity index (χ2n) is 2.97. The molecule has 0 radical (unpaired) electrons. The van der Waals surface area contributed by atoms with Crippen LogP contribution in [0.2, 0.25) is 0 Å². The van der Waals surface area contributed by atoms with Crippen LogP contribution < -0.4 is 15.8 Å². The average molecular weight is 303 g/mol. The second-order valence-corrected chi connectivity index (χ2v) is 4.32. The molecular formula is C10H11BrN2O2S. The number of likely N-dealkylation sites (N-methyl/N-ethyl adjacent to an activating group) is 1. The largest absolute Gasteiger partial charge is 0.483 e. The van der Waals surface area contributed by atoms with Gasteiger partial charge in [0.05, 0.1) is 5.56 Å². The van der Waals surface area contributed by atoms with E-state index in [2.05, 4.69) is 21.2 Å². The van der Waals surface area contributed by atoms with Crippen LogP contribution in [0.3, 0.4) is 0 Å².